The van der Waals surface area contributed by atoms with E-state index in [9.17, 15) is 23.5 Å². The molecule has 1 aromatic carbocycles. The van der Waals surface area contributed by atoms with Crippen LogP contribution in [0.15, 0.2) is 29.4 Å². The summed E-state index contributed by atoms with van der Waals surface area (Å²) in [5.41, 5.74) is 9.24. The highest BCUT2D eigenvalue weighted by molar-refractivity contribution is 7.66. The second-order valence-corrected chi connectivity index (χ2v) is 11.0. The molecule has 0 spiro atoms. The largest absolute Gasteiger partial charge is 0.490 e. The molecule has 1 aliphatic rings. The Morgan fingerprint density at radius 1 is 1.19 bits per heavy atom. The van der Waals surface area contributed by atoms with E-state index in [2.05, 4.69) is 23.2 Å². The van der Waals surface area contributed by atoms with Crippen LogP contribution in [-0.2, 0) is 36.3 Å². The van der Waals surface area contributed by atoms with Gasteiger partial charge in [0, 0.05) is 15.9 Å². The minimum absolute atomic E-state index is 0.0511. The number of rotatable bonds is 11. The number of ether oxygens (including phenoxy) is 2. The average molecular weight is 533 g/mol. The molecule has 6 atom stereocenters. The molecule has 176 valence electrons. The molecule has 20 heteroatoms. The minimum atomic E-state index is -5.66. The number of nitrogens with zero attached hydrogens (tertiary/aromatic N) is 3. The summed E-state index contributed by atoms with van der Waals surface area (Å²) in [6.45, 7) is -0.772. The first-order valence-electron chi connectivity index (χ1n) is 8.34. The van der Waals surface area contributed by atoms with Crippen LogP contribution in [0.25, 0.3) is 10.4 Å². The quantitative estimate of drug-likeness (QED) is 0.106. The Hall–Kier alpha value is -0.785. The fraction of sp³-hybridized carbons (Fsp3) is 0.500. The molecule has 0 saturated carbocycles. The van der Waals surface area contributed by atoms with E-state index in [1.54, 1.807) is 12.1 Å². The van der Waals surface area contributed by atoms with Gasteiger partial charge in [0.15, 0.2) is 6.23 Å². The van der Waals surface area contributed by atoms with Crippen LogP contribution in [0.3, 0.4) is 0 Å². The van der Waals surface area contributed by atoms with Crippen LogP contribution >= 0.6 is 35.1 Å². The van der Waals surface area contributed by atoms with Gasteiger partial charge in [-0.25, -0.2) is 13.7 Å². The van der Waals surface area contributed by atoms with E-state index in [-0.39, 0.29) is 6.42 Å². The Morgan fingerprint density at radius 3 is 2.38 bits per heavy atom. The molecule has 0 bridgehead atoms. The van der Waals surface area contributed by atoms with E-state index in [1.807, 2.05) is 0 Å². The van der Waals surface area contributed by atoms with E-state index in [0.717, 1.165) is 0 Å². The van der Waals surface area contributed by atoms with Gasteiger partial charge in [0.2, 0.25) is 0 Å². The highest BCUT2D eigenvalue weighted by Crippen LogP contribution is 2.66. The van der Waals surface area contributed by atoms with Crippen molar-refractivity contribution in [3.8, 4) is 0 Å². The fourth-order valence-corrected chi connectivity index (χ4v) is 5.68. The summed E-state index contributed by atoms with van der Waals surface area (Å²) in [5, 5.41) is 3.95. The van der Waals surface area contributed by atoms with Crippen LogP contribution in [-0.4, -0.2) is 52.2 Å². The summed E-state index contributed by atoms with van der Waals surface area (Å²) < 4.78 is 56.7. The highest BCUT2D eigenvalue weighted by Gasteiger charge is 2.42. The van der Waals surface area contributed by atoms with Crippen molar-refractivity contribution < 1.29 is 55.9 Å². The van der Waals surface area contributed by atoms with Gasteiger partial charge in [-0.15, -0.1) is 0 Å². The molecule has 4 N–H and O–H groups in total. The molecule has 1 aliphatic heterocycles. The molecule has 6 unspecified atom stereocenters. The Morgan fingerprint density at radius 2 is 1.81 bits per heavy atom. The zero-order valence-corrected chi connectivity index (χ0v) is 19.2. The first-order chi connectivity index (χ1) is 14.7. The minimum Gasteiger partial charge on any atom is -0.380 e. The van der Waals surface area contributed by atoms with Crippen molar-refractivity contribution in [2.24, 2.45) is 5.11 Å². The number of phosphoric ester groups is 1. The second-order valence-electron chi connectivity index (χ2n) is 6.12. The average Bonchev–Trinajstić information content (AvgIpc) is 2.97. The van der Waals surface area contributed by atoms with Crippen molar-refractivity contribution in [2.45, 2.75) is 30.9 Å². The van der Waals surface area contributed by atoms with E-state index < -0.39 is 54.5 Å². The highest BCUT2D eigenvalue weighted by atomic mass is 35.5. The predicted molar refractivity (Wildman–Crippen MR) is 107 cm³/mol. The lowest BCUT2D eigenvalue weighted by Gasteiger charge is -2.24. The third kappa shape index (κ3) is 9.22. The van der Waals surface area contributed by atoms with Crippen molar-refractivity contribution >= 4 is 42.9 Å². The summed E-state index contributed by atoms with van der Waals surface area (Å²) in [4.78, 5) is 38.5. The zero-order valence-electron chi connectivity index (χ0n) is 15.7. The Labute approximate surface area is 187 Å². The fourth-order valence-electron chi connectivity index (χ4n) is 2.52. The molecule has 2 rings (SSSR count). The maximum Gasteiger partial charge on any atom is 0.490 e. The monoisotopic (exact) mass is 533 g/mol. The van der Waals surface area contributed by atoms with Gasteiger partial charge < -0.3 is 29.0 Å². The van der Waals surface area contributed by atoms with Gasteiger partial charge in [-0.3, -0.25) is 4.52 Å². The van der Waals surface area contributed by atoms with Crippen molar-refractivity contribution in [2.75, 3.05) is 6.61 Å². The van der Waals surface area contributed by atoms with E-state index >= 15 is 0 Å². The van der Waals surface area contributed by atoms with Gasteiger partial charge in [-0.05, 0) is 29.6 Å². The SMILES string of the molecule is [B]C1CC(OC(N=[N+]=[N-])c2ccc(Cl)cc2)C(COP(=O)(O)OP(=O)(O)OP(=O)(O)O)O1. The Bertz CT molecular complexity index is 989. The number of hydrogen-bond acceptors (Lipinski definition) is 9. The lowest BCUT2D eigenvalue weighted by molar-refractivity contribution is -0.0669. The summed E-state index contributed by atoms with van der Waals surface area (Å²) in [6, 6.07) is 5.25. The summed E-state index contributed by atoms with van der Waals surface area (Å²) >= 11 is 5.82. The van der Waals surface area contributed by atoms with Crippen molar-refractivity contribution in [3.63, 3.8) is 0 Å². The maximum atomic E-state index is 11.9. The van der Waals surface area contributed by atoms with Gasteiger partial charge >= 0.3 is 23.5 Å². The Kier molecular flexibility index (Phi) is 9.52. The van der Waals surface area contributed by atoms with Crippen LogP contribution in [0.5, 0.6) is 0 Å². The third-order valence-corrected chi connectivity index (χ3v) is 7.72. The number of azide groups is 1. The smallest absolute Gasteiger partial charge is 0.380 e. The molecule has 32 heavy (non-hydrogen) atoms. The molecule has 1 saturated heterocycles. The van der Waals surface area contributed by atoms with E-state index in [1.165, 1.54) is 12.1 Å². The van der Waals surface area contributed by atoms with Crippen LogP contribution in [0.2, 0.25) is 5.02 Å². The zero-order chi connectivity index (χ0) is 24.2. The molecule has 1 heterocycles. The molecule has 0 aliphatic carbocycles. The van der Waals surface area contributed by atoms with Gasteiger partial charge in [0.05, 0.1) is 12.7 Å². The number of halogens is 1. The topological polar surface area (TPSA) is 227 Å². The van der Waals surface area contributed by atoms with Crippen LogP contribution < -0.4 is 0 Å². The number of benzene rings is 1. The van der Waals surface area contributed by atoms with Crippen LogP contribution in [0.1, 0.15) is 18.2 Å². The van der Waals surface area contributed by atoms with Crippen LogP contribution in [0, 0.1) is 0 Å². The van der Waals surface area contributed by atoms with Crippen molar-refractivity contribution in [1.29, 1.82) is 0 Å². The first-order valence-corrected chi connectivity index (χ1v) is 13.2. The molecular formula is C12H16BClN3O12P3. The standard InChI is InChI=1S/C12H16BClN3O12P3/c13-11-5-9(27-12(16-17-15)7-1-3-8(14)4-2-7)10(26-11)6-25-31(21,22)29-32(23,24)28-30(18,19)20/h1-4,9-12H,5-6H2,(H,21,22)(H,23,24)(H2,18,19,20). The third-order valence-electron chi connectivity index (χ3n) is 3.66. The van der Waals surface area contributed by atoms with Gasteiger partial charge in [-0.1, -0.05) is 28.8 Å². The lowest BCUT2D eigenvalue weighted by Crippen LogP contribution is -2.30. The van der Waals surface area contributed by atoms with Gasteiger partial charge in [-0.2, -0.15) is 8.62 Å². The molecule has 0 amide bonds. The summed E-state index contributed by atoms with van der Waals surface area (Å²) in [7, 11) is -10.8. The van der Waals surface area contributed by atoms with Gasteiger partial charge in [0.1, 0.15) is 14.0 Å². The summed E-state index contributed by atoms with van der Waals surface area (Å²) in [5.74, 6) is 0. The second kappa shape index (κ2) is 11.1. The molecule has 15 nitrogen and oxygen atoms in total. The van der Waals surface area contributed by atoms with E-state index in [4.69, 9.17) is 44.2 Å². The molecule has 1 aromatic rings. The van der Waals surface area contributed by atoms with Crippen LogP contribution in [0.4, 0.5) is 0 Å². The Balaban J connectivity index is 2.06. The predicted octanol–water partition coefficient (Wildman–Crippen LogP) is 2.66. The lowest BCUT2D eigenvalue weighted by atomic mass is 9.96. The normalized spacial score (nSPS) is 26.0. The van der Waals surface area contributed by atoms with Crippen molar-refractivity contribution in [3.05, 3.63) is 45.3 Å². The van der Waals surface area contributed by atoms with E-state index in [0.29, 0.717) is 10.6 Å². The maximum absolute atomic E-state index is 11.9. The molecule has 0 aromatic heterocycles. The van der Waals surface area contributed by atoms with Gasteiger partial charge in [0.25, 0.3) is 0 Å². The van der Waals surface area contributed by atoms with Crippen molar-refractivity contribution in [1.82, 2.24) is 0 Å². The molecule has 2 radical (unpaired) electrons. The number of phosphoric acid groups is 3. The molecule has 1 fully saturated rings. The molecular weight excluding hydrogens is 517 g/mol. The summed E-state index contributed by atoms with van der Waals surface area (Å²) in [6.07, 6.45) is -3.15. The number of hydrogen-bond donors (Lipinski definition) is 4. The first kappa shape index (κ1) is 27.5.